The zero-order chi connectivity index (χ0) is 10.6. The van der Waals surface area contributed by atoms with Gasteiger partial charge in [0.2, 0.25) is 5.89 Å². The molecule has 0 amide bonds. The average Bonchev–Trinajstić information content (AvgIpc) is 2.52. The lowest BCUT2D eigenvalue weighted by atomic mass is 10.1. The summed E-state index contributed by atoms with van der Waals surface area (Å²) < 4.78 is 9.96. The third kappa shape index (κ3) is 3.08. The van der Waals surface area contributed by atoms with Crippen LogP contribution in [0.1, 0.15) is 32.0 Å². The van der Waals surface area contributed by atoms with Crippen LogP contribution < -0.4 is 5.73 Å². The lowest BCUT2D eigenvalue weighted by Gasteiger charge is -2.10. The SMILES string of the molecule is COCCCc1noc(C(C)(C)N)n1. The van der Waals surface area contributed by atoms with Gasteiger partial charge in [-0.05, 0) is 20.3 Å². The van der Waals surface area contributed by atoms with Crippen molar-refractivity contribution in [2.24, 2.45) is 5.73 Å². The molecule has 0 aliphatic heterocycles. The van der Waals surface area contributed by atoms with Crippen LogP contribution in [-0.2, 0) is 16.7 Å². The maximum atomic E-state index is 5.80. The number of nitrogens with zero attached hydrogens (tertiary/aromatic N) is 2. The van der Waals surface area contributed by atoms with Gasteiger partial charge < -0.3 is 15.0 Å². The van der Waals surface area contributed by atoms with E-state index in [1.54, 1.807) is 7.11 Å². The minimum absolute atomic E-state index is 0.477. The van der Waals surface area contributed by atoms with E-state index in [1.165, 1.54) is 0 Å². The molecule has 1 rings (SSSR count). The van der Waals surface area contributed by atoms with Crippen LogP contribution in [0, 0.1) is 0 Å². The minimum atomic E-state index is -0.563. The zero-order valence-electron chi connectivity index (χ0n) is 8.91. The van der Waals surface area contributed by atoms with E-state index in [2.05, 4.69) is 10.1 Å². The van der Waals surface area contributed by atoms with Crippen LogP contribution in [0.2, 0.25) is 0 Å². The molecule has 0 aromatic carbocycles. The smallest absolute Gasteiger partial charge is 0.246 e. The summed E-state index contributed by atoms with van der Waals surface area (Å²) in [6, 6.07) is 0. The number of rotatable bonds is 5. The topological polar surface area (TPSA) is 74.2 Å². The summed E-state index contributed by atoms with van der Waals surface area (Å²) >= 11 is 0. The normalized spacial score (nSPS) is 12.0. The first-order valence-electron chi connectivity index (χ1n) is 4.65. The standard InChI is InChI=1S/C9H17N3O2/c1-9(2,10)8-11-7(12-14-8)5-4-6-13-3/h4-6,10H2,1-3H3. The third-order valence-corrected chi connectivity index (χ3v) is 1.77. The molecule has 0 fully saturated rings. The molecule has 5 heteroatoms. The Morgan fingerprint density at radius 2 is 2.21 bits per heavy atom. The highest BCUT2D eigenvalue weighted by molar-refractivity contribution is 4.97. The molecular formula is C9H17N3O2. The highest BCUT2D eigenvalue weighted by atomic mass is 16.5. The fraction of sp³-hybridized carbons (Fsp3) is 0.778. The molecule has 0 spiro atoms. The van der Waals surface area contributed by atoms with Crippen molar-refractivity contribution in [3.63, 3.8) is 0 Å². The molecular weight excluding hydrogens is 182 g/mol. The lowest BCUT2D eigenvalue weighted by molar-refractivity contribution is 0.194. The zero-order valence-corrected chi connectivity index (χ0v) is 8.91. The number of aryl methyl sites for hydroxylation is 1. The Bertz CT molecular complexity index is 278. The molecule has 1 aromatic rings. The predicted octanol–water partition coefficient (Wildman–Crippen LogP) is 0.842. The molecule has 14 heavy (non-hydrogen) atoms. The van der Waals surface area contributed by atoms with E-state index < -0.39 is 5.54 Å². The molecule has 80 valence electrons. The van der Waals surface area contributed by atoms with Gasteiger partial charge in [-0.15, -0.1) is 0 Å². The second-order valence-corrected chi connectivity index (χ2v) is 3.83. The van der Waals surface area contributed by atoms with E-state index in [9.17, 15) is 0 Å². The number of ether oxygens (including phenoxy) is 1. The molecule has 0 aliphatic rings. The van der Waals surface area contributed by atoms with Crippen LogP contribution in [0.4, 0.5) is 0 Å². The van der Waals surface area contributed by atoms with Crippen LogP contribution in [0.3, 0.4) is 0 Å². The Kier molecular flexibility index (Phi) is 3.60. The van der Waals surface area contributed by atoms with Gasteiger partial charge in [0.1, 0.15) is 0 Å². The van der Waals surface area contributed by atoms with Crippen LogP contribution >= 0.6 is 0 Å². The van der Waals surface area contributed by atoms with Gasteiger partial charge in [0, 0.05) is 20.1 Å². The maximum Gasteiger partial charge on any atom is 0.246 e. The molecule has 2 N–H and O–H groups in total. The molecule has 0 aliphatic carbocycles. The first kappa shape index (κ1) is 11.1. The van der Waals surface area contributed by atoms with E-state index in [4.69, 9.17) is 15.0 Å². The molecule has 0 unspecified atom stereocenters. The third-order valence-electron chi connectivity index (χ3n) is 1.77. The lowest BCUT2D eigenvalue weighted by Crippen LogP contribution is -2.29. The number of hydrogen-bond donors (Lipinski definition) is 1. The van der Waals surface area contributed by atoms with Crippen molar-refractivity contribution < 1.29 is 9.26 Å². The summed E-state index contributed by atoms with van der Waals surface area (Å²) in [5.74, 6) is 1.17. The van der Waals surface area contributed by atoms with Crippen molar-refractivity contribution in [2.45, 2.75) is 32.2 Å². The second kappa shape index (κ2) is 4.52. The molecule has 0 saturated carbocycles. The summed E-state index contributed by atoms with van der Waals surface area (Å²) in [7, 11) is 1.67. The first-order chi connectivity index (χ1) is 6.54. The van der Waals surface area contributed by atoms with Crippen LogP contribution in [0.15, 0.2) is 4.52 Å². The number of hydrogen-bond acceptors (Lipinski definition) is 5. The van der Waals surface area contributed by atoms with Crippen molar-refractivity contribution in [3.8, 4) is 0 Å². The van der Waals surface area contributed by atoms with Crippen LogP contribution in [0.5, 0.6) is 0 Å². The molecule has 1 heterocycles. The maximum absolute atomic E-state index is 5.80. The van der Waals surface area contributed by atoms with Gasteiger partial charge in [-0.2, -0.15) is 4.98 Å². The molecule has 0 radical (unpaired) electrons. The Hall–Kier alpha value is -0.940. The van der Waals surface area contributed by atoms with Crippen LogP contribution in [-0.4, -0.2) is 23.9 Å². The summed E-state index contributed by atoms with van der Waals surface area (Å²) in [5, 5.41) is 3.83. The molecule has 0 atom stereocenters. The number of nitrogens with two attached hydrogens (primary N) is 1. The number of methoxy groups -OCH3 is 1. The Balaban J connectivity index is 2.51. The number of aromatic nitrogens is 2. The molecule has 0 saturated heterocycles. The first-order valence-corrected chi connectivity index (χ1v) is 4.65. The Morgan fingerprint density at radius 1 is 1.50 bits per heavy atom. The van der Waals surface area contributed by atoms with Gasteiger partial charge in [0.25, 0.3) is 0 Å². The molecule has 1 aromatic heterocycles. The fourth-order valence-corrected chi connectivity index (χ4v) is 0.992. The minimum Gasteiger partial charge on any atom is -0.385 e. The van der Waals surface area contributed by atoms with E-state index in [0.717, 1.165) is 12.8 Å². The van der Waals surface area contributed by atoms with Gasteiger partial charge in [-0.1, -0.05) is 5.16 Å². The van der Waals surface area contributed by atoms with E-state index in [-0.39, 0.29) is 0 Å². The highest BCUT2D eigenvalue weighted by Gasteiger charge is 2.21. The Labute approximate surface area is 83.6 Å². The van der Waals surface area contributed by atoms with Gasteiger partial charge in [-0.3, -0.25) is 0 Å². The average molecular weight is 199 g/mol. The van der Waals surface area contributed by atoms with Crippen molar-refractivity contribution in [3.05, 3.63) is 11.7 Å². The summed E-state index contributed by atoms with van der Waals surface area (Å²) in [5.41, 5.74) is 5.24. The quantitative estimate of drug-likeness (QED) is 0.711. The van der Waals surface area contributed by atoms with E-state index >= 15 is 0 Å². The molecule has 5 nitrogen and oxygen atoms in total. The van der Waals surface area contributed by atoms with Crippen molar-refractivity contribution in [1.29, 1.82) is 0 Å². The van der Waals surface area contributed by atoms with Gasteiger partial charge >= 0.3 is 0 Å². The van der Waals surface area contributed by atoms with Crippen molar-refractivity contribution >= 4 is 0 Å². The highest BCUT2D eigenvalue weighted by Crippen LogP contribution is 2.14. The Morgan fingerprint density at radius 3 is 2.71 bits per heavy atom. The molecule has 0 bridgehead atoms. The summed E-state index contributed by atoms with van der Waals surface area (Å²) in [6.07, 6.45) is 1.65. The van der Waals surface area contributed by atoms with E-state index in [0.29, 0.717) is 18.3 Å². The van der Waals surface area contributed by atoms with Gasteiger partial charge in [0.15, 0.2) is 5.82 Å². The van der Waals surface area contributed by atoms with E-state index in [1.807, 2.05) is 13.8 Å². The van der Waals surface area contributed by atoms with Crippen molar-refractivity contribution in [1.82, 2.24) is 10.1 Å². The summed E-state index contributed by atoms with van der Waals surface area (Å²) in [6.45, 7) is 4.37. The fourth-order valence-electron chi connectivity index (χ4n) is 0.992. The summed E-state index contributed by atoms with van der Waals surface area (Å²) in [4.78, 5) is 4.19. The van der Waals surface area contributed by atoms with Gasteiger partial charge in [0.05, 0.1) is 5.54 Å². The van der Waals surface area contributed by atoms with Gasteiger partial charge in [-0.25, -0.2) is 0 Å². The second-order valence-electron chi connectivity index (χ2n) is 3.83. The largest absolute Gasteiger partial charge is 0.385 e. The van der Waals surface area contributed by atoms with Crippen LogP contribution in [0.25, 0.3) is 0 Å². The predicted molar refractivity (Wildman–Crippen MR) is 51.7 cm³/mol. The monoisotopic (exact) mass is 199 g/mol. The van der Waals surface area contributed by atoms with Crippen molar-refractivity contribution in [2.75, 3.05) is 13.7 Å².